The van der Waals surface area contributed by atoms with E-state index in [0.29, 0.717) is 19.7 Å². The number of carbonyl (C=O) groups is 1. The van der Waals surface area contributed by atoms with Crippen molar-refractivity contribution in [3.63, 3.8) is 0 Å². The number of ether oxygens (including phenoxy) is 1. The van der Waals surface area contributed by atoms with E-state index in [4.69, 9.17) is 4.74 Å². The van der Waals surface area contributed by atoms with Crippen molar-refractivity contribution in [2.75, 3.05) is 26.7 Å². The Balaban J connectivity index is 1.68. The smallest absolute Gasteiger partial charge is 0.317 e. The summed E-state index contributed by atoms with van der Waals surface area (Å²) >= 11 is 0. The van der Waals surface area contributed by atoms with Crippen LogP contribution in [-0.2, 0) is 6.42 Å². The molecule has 1 N–H and O–H groups in total. The summed E-state index contributed by atoms with van der Waals surface area (Å²) in [5.41, 5.74) is 3.43. The van der Waals surface area contributed by atoms with Gasteiger partial charge in [0.05, 0.1) is 6.54 Å². The minimum absolute atomic E-state index is 0.0892. The highest BCUT2D eigenvalue weighted by atomic mass is 16.5. The van der Waals surface area contributed by atoms with Gasteiger partial charge < -0.3 is 15.0 Å². The highest BCUT2D eigenvalue weighted by Gasteiger charge is 2.08. The minimum Gasteiger partial charge on any atom is -0.491 e. The number of carbonyl (C=O) groups excluding carboxylic acids is 1. The average Bonchev–Trinajstić information content (AvgIpc) is 2.60. The Morgan fingerprint density at radius 3 is 2.71 bits per heavy atom. The molecule has 128 valence electrons. The number of nitrogens with zero attached hydrogens (tertiary/aromatic N) is 2. The van der Waals surface area contributed by atoms with E-state index in [-0.39, 0.29) is 6.03 Å². The molecule has 5 nitrogen and oxygen atoms in total. The first kappa shape index (κ1) is 17.8. The molecule has 0 aliphatic carbocycles. The molecule has 0 aliphatic rings. The Morgan fingerprint density at radius 1 is 1.21 bits per heavy atom. The van der Waals surface area contributed by atoms with Gasteiger partial charge in [-0.1, -0.05) is 12.1 Å². The molecule has 1 aromatic carbocycles. The second-order valence-corrected chi connectivity index (χ2v) is 5.88. The Bertz CT molecular complexity index is 659. The van der Waals surface area contributed by atoms with E-state index in [2.05, 4.69) is 16.4 Å². The minimum atomic E-state index is -0.0892. The van der Waals surface area contributed by atoms with Gasteiger partial charge in [-0.25, -0.2) is 4.79 Å². The maximum Gasteiger partial charge on any atom is 0.317 e. The van der Waals surface area contributed by atoms with E-state index in [0.717, 1.165) is 23.3 Å². The van der Waals surface area contributed by atoms with Gasteiger partial charge in [0, 0.05) is 26.0 Å². The number of hydrogen-bond donors (Lipinski definition) is 1. The van der Waals surface area contributed by atoms with Crippen LogP contribution in [0.1, 0.15) is 16.7 Å². The fourth-order valence-corrected chi connectivity index (χ4v) is 2.26. The Hall–Kier alpha value is -2.56. The van der Waals surface area contributed by atoms with Crippen molar-refractivity contribution in [1.82, 2.24) is 15.2 Å². The van der Waals surface area contributed by atoms with E-state index >= 15 is 0 Å². The highest BCUT2D eigenvalue weighted by molar-refractivity contribution is 5.73. The maximum absolute atomic E-state index is 12.0. The van der Waals surface area contributed by atoms with Crippen molar-refractivity contribution in [2.24, 2.45) is 0 Å². The number of rotatable bonds is 7. The van der Waals surface area contributed by atoms with Gasteiger partial charge in [-0.05, 0) is 55.2 Å². The lowest BCUT2D eigenvalue weighted by molar-refractivity contribution is 0.206. The zero-order chi connectivity index (χ0) is 17.4. The van der Waals surface area contributed by atoms with Crippen molar-refractivity contribution in [3.8, 4) is 5.75 Å². The van der Waals surface area contributed by atoms with Crippen LogP contribution in [0.2, 0.25) is 0 Å². The predicted octanol–water partition coefficient (Wildman–Crippen LogP) is 2.96. The molecule has 24 heavy (non-hydrogen) atoms. The lowest BCUT2D eigenvalue weighted by Gasteiger charge is -2.18. The monoisotopic (exact) mass is 327 g/mol. The predicted molar refractivity (Wildman–Crippen MR) is 95.4 cm³/mol. The van der Waals surface area contributed by atoms with Crippen LogP contribution >= 0.6 is 0 Å². The van der Waals surface area contributed by atoms with Gasteiger partial charge in [0.25, 0.3) is 0 Å². The van der Waals surface area contributed by atoms with Crippen LogP contribution in [0.3, 0.4) is 0 Å². The molecular formula is C19H25N3O2. The summed E-state index contributed by atoms with van der Waals surface area (Å²) in [7, 11) is 1.79. The lowest BCUT2D eigenvalue weighted by atomic mass is 10.1. The van der Waals surface area contributed by atoms with Gasteiger partial charge in [0.15, 0.2) is 0 Å². The molecule has 0 fully saturated rings. The Labute approximate surface area is 143 Å². The summed E-state index contributed by atoms with van der Waals surface area (Å²) in [5, 5.41) is 2.87. The average molecular weight is 327 g/mol. The van der Waals surface area contributed by atoms with Crippen molar-refractivity contribution in [2.45, 2.75) is 20.3 Å². The van der Waals surface area contributed by atoms with E-state index in [1.807, 2.05) is 38.1 Å². The molecule has 0 bridgehead atoms. The second-order valence-electron chi connectivity index (χ2n) is 5.88. The molecule has 0 spiro atoms. The molecule has 1 heterocycles. The topological polar surface area (TPSA) is 54.5 Å². The maximum atomic E-state index is 12.0. The van der Waals surface area contributed by atoms with E-state index < -0.39 is 0 Å². The molecule has 0 radical (unpaired) electrons. The molecular weight excluding hydrogens is 302 g/mol. The fraction of sp³-hybridized carbons (Fsp3) is 0.368. The summed E-state index contributed by atoms with van der Waals surface area (Å²) < 4.78 is 5.74. The summed E-state index contributed by atoms with van der Waals surface area (Å²) in [6, 6.07) is 9.94. The third-order valence-corrected chi connectivity index (χ3v) is 3.81. The van der Waals surface area contributed by atoms with E-state index in [9.17, 15) is 4.79 Å². The van der Waals surface area contributed by atoms with Crippen LogP contribution in [0.4, 0.5) is 4.79 Å². The lowest BCUT2D eigenvalue weighted by Crippen LogP contribution is -2.40. The number of pyridine rings is 1. The quantitative estimate of drug-likeness (QED) is 0.796. The molecule has 0 unspecified atom stereocenters. The zero-order valence-electron chi connectivity index (χ0n) is 14.6. The van der Waals surface area contributed by atoms with Crippen LogP contribution in [0, 0.1) is 13.8 Å². The molecule has 1 aromatic heterocycles. The van der Waals surface area contributed by atoms with Crippen molar-refractivity contribution >= 4 is 6.03 Å². The zero-order valence-corrected chi connectivity index (χ0v) is 14.6. The van der Waals surface area contributed by atoms with Crippen molar-refractivity contribution in [1.29, 1.82) is 0 Å². The fourth-order valence-electron chi connectivity index (χ4n) is 2.26. The van der Waals surface area contributed by atoms with E-state index in [1.165, 1.54) is 5.56 Å². The number of urea groups is 1. The molecule has 2 amide bonds. The second kappa shape index (κ2) is 8.91. The van der Waals surface area contributed by atoms with Crippen LogP contribution < -0.4 is 10.1 Å². The van der Waals surface area contributed by atoms with Gasteiger partial charge in [-0.3, -0.25) is 4.98 Å². The van der Waals surface area contributed by atoms with Crippen LogP contribution in [0.15, 0.2) is 42.7 Å². The first-order chi connectivity index (χ1) is 11.6. The van der Waals surface area contributed by atoms with Gasteiger partial charge in [-0.15, -0.1) is 0 Å². The van der Waals surface area contributed by atoms with Gasteiger partial charge in [-0.2, -0.15) is 0 Å². The molecule has 0 saturated carbocycles. The van der Waals surface area contributed by atoms with Gasteiger partial charge in [0.2, 0.25) is 0 Å². The van der Waals surface area contributed by atoms with Crippen LogP contribution in [0.5, 0.6) is 5.75 Å². The van der Waals surface area contributed by atoms with Crippen molar-refractivity contribution < 1.29 is 9.53 Å². The van der Waals surface area contributed by atoms with Crippen LogP contribution in [-0.4, -0.2) is 42.7 Å². The third kappa shape index (κ3) is 5.57. The first-order valence-corrected chi connectivity index (χ1v) is 8.14. The van der Waals surface area contributed by atoms with Crippen LogP contribution in [0.25, 0.3) is 0 Å². The molecule has 0 atom stereocenters. The third-order valence-electron chi connectivity index (χ3n) is 3.81. The number of aryl methyl sites for hydroxylation is 2. The summed E-state index contributed by atoms with van der Waals surface area (Å²) in [6.45, 7) is 5.64. The van der Waals surface area contributed by atoms with Gasteiger partial charge >= 0.3 is 6.03 Å². The van der Waals surface area contributed by atoms with Gasteiger partial charge in [0.1, 0.15) is 12.4 Å². The molecule has 5 heteroatoms. The summed E-state index contributed by atoms with van der Waals surface area (Å²) in [5.74, 6) is 0.871. The number of nitrogens with one attached hydrogen (secondary N) is 1. The number of hydrogen-bond acceptors (Lipinski definition) is 3. The largest absolute Gasteiger partial charge is 0.491 e. The SMILES string of the molecule is Cc1ccc(C)c(OCCNC(=O)N(C)CCc2ccncc2)c1. The summed E-state index contributed by atoms with van der Waals surface area (Å²) in [4.78, 5) is 17.7. The molecule has 0 saturated heterocycles. The van der Waals surface area contributed by atoms with Crippen molar-refractivity contribution in [3.05, 3.63) is 59.4 Å². The number of amides is 2. The first-order valence-electron chi connectivity index (χ1n) is 8.14. The molecule has 2 rings (SSSR count). The summed E-state index contributed by atoms with van der Waals surface area (Å²) in [6.07, 6.45) is 4.34. The van der Waals surface area contributed by atoms with E-state index in [1.54, 1.807) is 24.3 Å². The molecule has 0 aliphatic heterocycles. The Morgan fingerprint density at radius 2 is 1.96 bits per heavy atom. The molecule has 2 aromatic rings. The standard InChI is InChI=1S/C19H25N3O2/c1-15-4-5-16(2)18(14-15)24-13-11-21-19(23)22(3)12-8-17-6-9-20-10-7-17/h4-7,9-10,14H,8,11-13H2,1-3H3,(H,21,23). The normalized spacial score (nSPS) is 10.3. The number of likely N-dealkylation sites (N-methyl/N-ethyl adjacent to an activating group) is 1. The number of aromatic nitrogens is 1. The highest BCUT2D eigenvalue weighted by Crippen LogP contribution is 2.18. The Kier molecular flexibility index (Phi) is 6.61. The number of benzene rings is 1.